The lowest BCUT2D eigenvalue weighted by Crippen LogP contribution is -2.54. The number of nitrogens with one attached hydrogen (secondary N) is 2. The van der Waals surface area contributed by atoms with Crippen molar-refractivity contribution in [3.63, 3.8) is 0 Å². The maximum Gasteiger partial charge on any atom is 0.264 e. The summed E-state index contributed by atoms with van der Waals surface area (Å²) in [7, 11) is 0. The van der Waals surface area contributed by atoms with Crippen molar-refractivity contribution < 1.29 is 23.6 Å². The van der Waals surface area contributed by atoms with Crippen LogP contribution in [0.4, 0.5) is 15.9 Å². The number of nitrogens with two attached hydrogens (primary N) is 1. The van der Waals surface area contributed by atoms with Gasteiger partial charge in [-0.2, -0.15) is 0 Å². The normalized spacial score (nSPS) is 19.1. The first-order valence-electron chi connectivity index (χ1n) is 14.3. The minimum Gasteiger partial charge on any atom is -0.380 e. The van der Waals surface area contributed by atoms with Crippen LogP contribution in [0.3, 0.4) is 0 Å². The van der Waals surface area contributed by atoms with Crippen LogP contribution < -0.4 is 21.3 Å². The largest absolute Gasteiger partial charge is 0.380 e. The first kappa shape index (κ1) is 28.4. The van der Waals surface area contributed by atoms with Gasteiger partial charge < -0.3 is 16.0 Å². The molecular formula is C31H32FN7O4. The van der Waals surface area contributed by atoms with E-state index in [4.69, 9.17) is 5.73 Å². The van der Waals surface area contributed by atoms with Gasteiger partial charge in [-0.05, 0) is 41.8 Å². The quantitative estimate of drug-likeness (QED) is 0.339. The average molecular weight is 586 g/mol. The Hall–Kier alpha value is -4.68. The molecule has 1 atom stereocenters. The molecule has 0 spiro atoms. The highest BCUT2D eigenvalue weighted by Crippen LogP contribution is 2.32. The van der Waals surface area contributed by atoms with Crippen molar-refractivity contribution in [2.75, 3.05) is 36.4 Å². The molecule has 0 aliphatic carbocycles. The van der Waals surface area contributed by atoms with Gasteiger partial charge in [0.15, 0.2) is 0 Å². The highest BCUT2D eigenvalue weighted by Gasteiger charge is 2.45. The van der Waals surface area contributed by atoms with Crippen molar-refractivity contribution in [3.05, 3.63) is 88.4 Å². The minimum absolute atomic E-state index is 0.0435. The number of hydrogen-bond acceptors (Lipinski definition) is 9. The number of piperazine rings is 1. The summed E-state index contributed by atoms with van der Waals surface area (Å²) < 4.78 is 15.2. The lowest BCUT2D eigenvalue weighted by Gasteiger charge is -2.35. The molecule has 4 amide bonds. The van der Waals surface area contributed by atoms with Crippen LogP contribution in [0.2, 0.25) is 0 Å². The number of fused-ring (bicyclic) bond motifs is 1. The molecule has 11 nitrogen and oxygen atoms in total. The van der Waals surface area contributed by atoms with Crippen molar-refractivity contribution in [1.82, 2.24) is 20.1 Å². The zero-order valence-electron chi connectivity index (χ0n) is 23.5. The van der Waals surface area contributed by atoms with Crippen LogP contribution in [-0.4, -0.2) is 70.6 Å². The molecule has 12 heteroatoms. The van der Waals surface area contributed by atoms with Crippen LogP contribution in [0, 0.1) is 5.82 Å². The highest BCUT2D eigenvalue weighted by molar-refractivity contribution is 6.25. The van der Waals surface area contributed by atoms with Crippen molar-refractivity contribution in [2.45, 2.75) is 38.5 Å². The standard InChI is InChI=1S/C31H32FN7O4/c32-23-14-19(18-37-10-12-38(13-11-37)26-8-5-20(15-33)16-35-26)4-6-21(23)17-34-24-3-1-2-22-28(24)31(43)39(30(22)42)25-7-9-27(40)36-29(25)41/h1-6,8,14,16,25,34H,7,9-13,15,17-18,33H2,(H,36,40,41). The molecular weight excluding hydrogens is 553 g/mol. The summed E-state index contributed by atoms with van der Waals surface area (Å²) in [5.41, 5.74) is 8.61. The second-order valence-electron chi connectivity index (χ2n) is 10.9. The maximum absolute atomic E-state index is 15.2. The van der Waals surface area contributed by atoms with E-state index in [0.717, 1.165) is 48.0 Å². The Morgan fingerprint density at radius 3 is 2.47 bits per heavy atom. The van der Waals surface area contributed by atoms with Gasteiger partial charge >= 0.3 is 0 Å². The Morgan fingerprint density at radius 1 is 0.977 bits per heavy atom. The third-order valence-corrected chi connectivity index (χ3v) is 8.20. The number of carbonyl (C=O) groups excluding carboxylic acids is 4. The molecule has 4 heterocycles. The highest BCUT2D eigenvalue weighted by atomic mass is 19.1. The molecule has 0 radical (unpaired) electrons. The fraction of sp³-hybridized carbons (Fsp3) is 0.323. The number of nitrogens with zero attached hydrogens (tertiary/aromatic N) is 4. The molecule has 4 N–H and O–H groups in total. The summed E-state index contributed by atoms with van der Waals surface area (Å²) in [6.07, 6.45) is 1.92. The molecule has 6 rings (SSSR count). The molecule has 3 aliphatic rings. The van der Waals surface area contributed by atoms with Crippen LogP contribution in [-0.2, 0) is 29.2 Å². The zero-order valence-corrected chi connectivity index (χ0v) is 23.5. The van der Waals surface area contributed by atoms with E-state index < -0.39 is 29.7 Å². The molecule has 2 fully saturated rings. The van der Waals surface area contributed by atoms with Crippen molar-refractivity contribution in [1.29, 1.82) is 0 Å². The Labute approximate surface area is 247 Å². The Bertz CT molecular complexity index is 1590. The second kappa shape index (κ2) is 11.9. The van der Waals surface area contributed by atoms with Gasteiger partial charge in [-0.15, -0.1) is 0 Å². The SMILES string of the molecule is NCc1ccc(N2CCN(Cc3ccc(CNc4cccc5c4C(=O)N(C4CCC(=O)NC4=O)C5=O)c(F)c3)CC2)nc1. The lowest BCUT2D eigenvalue weighted by atomic mass is 10.0. The van der Waals surface area contributed by atoms with Crippen LogP contribution in [0.5, 0.6) is 0 Å². The summed E-state index contributed by atoms with van der Waals surface area (Å²) in [6.45, 7) is 4.48. The minimum atomic E-state index is -1.05. The molecule has 1 unspecified atom stereocenters. The van der Waals surface area contributed by atoms with Crippen molar-refractivity contribution >= 4 is 35.1 Å². The molecule has 1 aromatic heterocycles. The summed E-state index contributed by atoms with van der Waals surface area (Å²) in [5.74, 6) is -1.74. The van der Waals surface area contributed by atoms with Gasteiger partial charge in [-0.1, -0.05) is 24.3 Å². The Balaban J connectivity index is 1.07. The maximum atomic E-state index is 15.2. The summed E-state index contributed by atoms with van der Waals surface area (Å²) in [4.78, 5) is 60.2. The van der Waals surface area contributed by atoms with Crippen LogP contribution >= 0.6 is 0 Å². The van der Waals surface area contributed by atoms with Gasteiger partial charge in [0.25, 0.3) is 11.8 Å². The molecule has 43 heavy (non-hydrogen) atoms. The number of pyridine rings is 1. The first-order valence-corrected chi connectivity index (χ1v) is 14.3. The molecule has 2 aromatic carbocycles. The Morgan fingerprint density at radius 2 is 1.77 bits per heavy atom. The fourth-order valence-corrected chi connectivity index (χ4v) is 5.80. The summed E-state index contributed by atoms with van der Waals surface area (Å²) in [5, 5.41) is 5.29. The number of imide groups is 2. The van der Waals surface area contributed by atoms with E-state index in [1.54, 1.807) is 24.4 Å². The molecule has 3 aromatic rings. The number of carbonyl (C=O) groups is 4. The number of piperidine rings is 1. The van der Waals surface area contributed by atoms with Gasteiger partial charge in [0.2, 0.25) is 11.8 Å². The van der Waals surface area contributed by atoms with Gasteiger partial charge in [-0.25, -0.2) is 9.37 Å². The number of benzene rings is 2. The van der Waals surface area contributed by atoms with Gasteiger partial charge in [-0.3, -0.25) is 34.3 Å². The van der Waals surface area contributed by atoms with E-state index in [1.165, 1.54) is 12.1 Å². The zero-order chi connectivity index (χ0) is 30.1. The van der Waals surface area contributed by atoms with E-state index in [-0.39, 0.29) is 36.3 Å². The third-order valence-electron chi connectivity index (χ3n) is 8.20. The topological polar surface area (TPSA) is 141 Å². The third kappa shape index (κ3) is 5.71. The van der Waals surface area contributed by atoms with Gasteiger partial charge in [0, 0.05) is 69.7 Å². The summed E-state index contributed by atoms with van der Waals surface area (Å²) >= 11 is 0. The van der Waals surface area contributed by atoms with E-state index in [9.17, 15) is 19.2 Å². The molecule has 0 saturated carbocycles. The number of amides is 4. The number of aromatic nitrogens is 1. The number of hydrogen-bond donors (Lipinski definition) is 3. The van der Waals surface area contributed by atoms with E-state index in [0.29, 0.717) is 24.3 Å². The molecule has 3 aliphatic heterocycles. The second-order valence-corrected chi connectivity index (χ2v) is 10.9. The predicted molar refractivity (Wildman–Crippen MR) is 156 cm³/mol. The molecule has 2 saturated heterocycles. The number of halogens is 1. The molecule has 222 valence electrons. The van der Waals surface area contributed by atoms with E-state index in [2.05, 4.69) is 25.4 Å². The van der Waals surface area contributed by atoms with Crippen LogP contribution in [0.1, 0.15) is 50.2 Å². The van der Waals surface area contributed by atoms with E-state index in [1.807, 2.05) is 18.2 Å². The average Bonchev–Trinajstić information content (AvgIpc) is 3.27. The van der Waals surface area contributed by atoms with Gasteiger partial charge in [0.1, 0.15) is 17.7 Å². The monoisotopic (exact) mass is 585 g/mol. The summed E-state index contributed by atoms with van der Waals surface area (Å²) in [6, 6.07) is 12.9. The smallest absolute Gasteiger partial charge is 0.264 e. The predicted octanol–water partition coefficient (Wildman–Crippen LogP) is 2.01. The van der Waals surface area contributed by atoms with Crippen molar-refractivity contribution in [3.8, 4) is 0 Å². The van der Waals surface area contributed by atoms with Crippen molar-refractivity contribution in [2.24, 2.45) is 5.73 Å². The number of anilines is 2. The van der Waals surface area contributed by atoms with Gasteiger partial charge in [0.05, 0.1) is 11.1 Å². The number of rotatable bonds is 8. The van der Waals surface area contributed by atoms with Crippen LogP contribution in [0.15, 0.2) is 54.7 Å². The lowest BCUT2D eigenvalue weighted by molar-refractivity contribution is -0.136. The molecule has 0 bridgehead atoms. The Kier molecular flexibility index (Phi) is 7.87. The first-order chi connectivity index (χ1) is 20.8. The fourth-order valence-electron chi connectivity index (χ4n) is 5.80. The van der Waals surface area contributed by atoms with E-state index >= 15 is 4.39 Å². The van der Waals surface area contributed by atoms with Crippen LogP contribution in [0.25, 0.3) is 0 Å².